The largest absolute Gasteiger partial charge is 0.348 e. The van der Waals surface area contributed by atoms with Crippen molar-refractivity contribution in [3.8, 4) is 0 Å². The summed E-state index contributed by atoms with van der Waals surface area (Å²) in [4.78, 5) is 33.2. The maximum Gasteiger partial charge on any atom is 0.265 e. The van der Waals surface area contributed by atoms with Gasteiger partial charge in [0.25, 0.3) is 11.8 Å². The van der Waals surface area contributed by atoms with Crippen LogP contribution in [0.4, 0.5) is 0 Å². The van der Waals surface area contributed by atoms with Crippen LogP contribution in [0, 0.1) is 13.8 Å². The number of nitrogens with one attached hydrogen (secondary N) is 1. The molecule has 1 aliphatic heterocycles. The van der Waals surface area contributed by atoms with Crippen LogP contribution in [0.25, 0.3) is 0 Å². The molecule has 1 N–H and O–H groups in total. The standard InChI is InChI=1S/C16H19N3O2S2/c1-10-3-4-13(23-10)15(20)18-12-5-7-19(8-6-12)16(21)14-11(2)17-9-22-14/h3-4,9,12H,5-8H2,1-2H3,(H,18,20). The zero-order chi connectivity index (χ0) is 16.4. The molecule has 1 saturated heterocycles. The lowest BCUT2D eigenvalue weighted by atomic mass is 10.0. The number of thiophene rings is 1. The first-order valence-corrected chi connectivity index (χ1v) is 9.31. The third kappa shape index (κ3) is 3.61. The molecule has 23 heavy (non-hydrogen) atoms. The van der Waals surface area contributed by atoms with E-state index in [-0.39, 0.29) is 17.9 Å². The molecular formula is C16H19N3O2S2. The molecule has 0 unspecified atom stereocenters. The topological polar surface area (TPSA) is 62.3 Å². The molecule has 0 aliphatic carbocycles. The second-order valence-corrected chi connectivity index (χ2v) is 7.86. The van der Waals surface area contributed by atoms with Gasteiger partial charge in [0.1, 0.15) is 4.88 Å². The number of nitrogens with zero attached hydrogens (tertiary/aromatic N) is 2. The lowest BCUT2D eigenvalue weighted by molar-refractivity contribution is 0.0702. The molecule has 5 nitrogen and oxygen atoms in total. The van der Waals surface area contributed by atoms with Gasteiger partial charge in [-0.2, -0.15) is 0 Å². The number of carbonyl (C=O) groups excluding carboxylic acids is 2. The molecule has 122 valence electrons. The Morgan fingerprint density at radius 3 is 2.57 bits per heavy atom. The molecule has 0 atom stereocenters. The van der Waals surface area contributed by atoms with Crippen LogP contribution in [0.3, 0.4) is 0 Å². The van der Waals surface area contributed by atoms with Crippen molar-refractivity contribution in [2.24, 2.45) is 0 Å². The number of hydrogen-bond acceptors (Lipinski definition) is 5. The van der Waals surface area contributed by atoms with Crippen LogP contribution in [0.1, 0.15) is 42.8 Å². The third-order valence-electron chi connectivity index (χ3n) is 4.02. The number of rotatable bonds is 3. The molecule has 0 radical (unpaired) electrons. The van der Waals surface area contributed by atoms with Crippen LogP contribution in [-0.2, 0) is 0 Å². The van der Waals surface area contributed by atoms with Crippen molar-refractivity contribution in [1.82, 2.24) is 15.2 Å². The molecule has 0 saturated carbocycles. The summed E-state index contributed by atoms with van der Waals surface area (Å²) in [6, 6.07) is 3.95. The van der Waals surface area contributed by atoms with Gasteiger partial charge in [0.15, 0.2) is 0 Å². The van der Waals surface area contributed by atoms with E-state index < -0.39 is 0 Å². The van der Waals surface area contributed by atoms with Gasteiger partial charge in [-0.05, 0) is 38.8 Å². The Morgan fingerprint density at radius 1 is 1.26 bits per heavy atom. The van der Waals surface area contributed by atoms with Crippen LogP contribution in [-0.4, -0.2) is 40.8 Å². The summed E-state index contributed by atoms with van der Waals surface area (Å²) in [7, 11) is 0. The number of likely N-dealkylation sites (tertiary alicyclic amines) is 1. The average molecular weight is 349 g/mol. The minimum Gasteiger partial charge on any atom is -0.348 e. The second-order valence-electron chi connectivity index (χ2n) is 5.72. The monoisotopic (exact) mass is 349 g/mol. The van der Waals surface area contributed by atoms with E-state index in [0.717, 1.165) is 33.2 Å². The van der Waals surface area contributed by atoms with E-state index in [1.165, 1.54) is 22.7 Å². The minimum atomic E-state index is -0.00817. The highest BCUT2D eigenvalue weighted by Crippen LogP contribution is 2.20. The van der Waals surface area contributed by atoms with Crippen LogP contribution < -0.4 is 5.32 Å². The Labute approximate surface area is 143 Å². The number of hydrogen-bond donors (Lipinski definition) is 1. The molecule has 7 heteroatoms. The fourth-order valence-corrected chi connectivity index (χ4v) is 4.23. The molecule has 0 bridgehead atoms. The summed E-state index contributed by atoms with van der Waals surface area (Å²) in [5, 5.41) is 3.08. The lowest BCUT2D eigenvalue weighted by Gasteiger charge is -2.32. The van der Waals surface area contributed by atoms with E-state index in [2.05, 4.69) is 10.3 Å². The molecule has 2 amide bonds. The molecular weight excluding hydrogens is 330 g/mol. The summed E-state index contributed by atoms with van der Waals surface area (Å²) in [5.41, 5.74) is 2.50. The van der Waals surface area contributed by atoms with Crippen molar-refractivity contribution in [2.75, 3.05) is 13.1 Å². The first-order chi connectivity index (χ1) is 11.0. The highest BCUT2D eigenvalue weighted by molar-refractivity contribution is 7.14. The van der Waals surface area contributed by atoms with Gasteiger partial charge in [-0.25, -0.2) is 4.98 Å². The Bertz CT molecular complexity index is 714. The van der Waals surface area contributed by atoms with E-state index in [1.807, 2.05) is 30.9 Å². The molecule has 3 heterocycles. The van der Waals surface area contributed by atoms with Crippen molar-refractivity contribution < 1.29 is 9.59 Å². The van der Waals surface area contributed by atoms with E-state index in [4.69, 9.17) is 0 Å². The first kappa shape index (κ1) is 16.1. The van der Waals surface area contributed by atoms with Crippen LogP contribution in [0.2, 0.25) is 0 Å². The van der Waals surface area contributed by atoms with Gasteiger partial charge in [-0.15, -0.1) is 22.7 Å². The third-order valence-corrected chi connectivity index (χ3v) is 5.94. The SMILES string of the molecule is Cc1ccc(C(=O)NC2CCN(C(=O)c3scnc3C)CC2)s1. The van der Waals surface area contributed by atoms with Crippen molar-refractivity contribution >= 4 is 34.5 Å². The van der Waals surface area contributed by atoms with Gasteiger partial charge in [0.05, 0.1) is 16.1 Å². The number of carbonyl (C=O) groups is 2. The highest BCUT2D eigenvalue weighted by Gasteiger charge is 2.26. The van der Waals surface area contributed by atoms with E-state index >= 15 is 0 Å². The fourth-order valence-electron chi connectivity index (χ4n) is 2.69. The smallest absolute Gasteiger partial charge is 0.265 e. The van der Waals surface area contributed by atoms with Gasteiger partial charge in [-0.1, -0.05) is 0 Å². The number of piperidine rings is 1. The Kier molecular flexibility index (Phi) is 4.77. The minimum absolute atomic E-state index is 0.00817. The molecule has 0 aromatic carbocycles. The van der Waals surface area contributed by atoms with Gasteiger partial charge in [-0.3, -0.25) is 9.59 Å². The summed E-state index contributed by atoms with van der Waals surface area (Å²) in [6.07, 6.45) is 1.58. The number of aryl methyl sites for hydroxylation is 2. The maximum absolute atomic E-state index is 12.4. The highest BCUT2D eigenvalue weighted by atomic mass is 32.1. The number of thiazole rings is 1. The van der Waals surface area contributed by atoms with Gasteiger partial charge >= 0.3 is 0 Å². The van der Waals surface area contributed by atoms with Crippen LogP contribution in [0.15, 0.2) is 17.6 Å². The fraction of sp³-hybridized carbons (Fsp3) is 0.438. The average Bonchev–Trinajstić information content (AvgIpc) is 3.16. The summed E-state index contributed by atoms with van der Waals surface area (Å²) in [6.45, 7) is 5.20. The Hall–Kier alpha value is -1.73. The predicted octanol–water partition coefficient (Wildman–Crippen LogP) is 2.86. The zero-order valence-electron chi connectivity index (χ0n) is 13.2. The summed E-state index contributed by atoms with van der Waals surface area (Å²) >= 11 is 2.90. The predicted molar refractivity (Wildman–Crippen MR) is 92.3 cm³/mol. The quantitative estimate of drug-likeness (QED) is 0.927. The van der Waals surface area contributed by atoms with Crippen LogP contribution in [0.5, 0.6) is 0 Å². The van der Waals surface area contributed by atoms with Crippen molar-refractivity contribution in [2.45, 2.75) is 32.7 Å². The van der Waals surface area contributed by atoms with Crippen LogP contribution >= 0.6 is 22.7 Å². The van der Waals surface area contributed by atoms with Crippen molar-refractivity contribution in [1.29, 1.82) is 0 Å². The molecule has 1 fully saturated rings. The first-order valence-electron chi connectivity index (χ1n) is 7.61. The van der Waals surface area contributed by atoms with E-state index in [0.29, 0.717) is 13.1 Å². The molecule has 2 aromatic rings. The number of amides is 2. The zero-order valence-corrected chi connectivity index (χ0v) is 14.8. The van der Waals surface area contributed by atoms with E-state index in [1.54, 1.807) is 5.51 Å². The molecule has 1 aliphatic rings. The second kappa shape index (κ2) is 6.80. The normalized spacial score (nSPS) is 15.7. The van der Waals surface area contributed by atoms with Gasteiger partial charge < -0.3 is 10.2 Å². The molecule has 3 rings (SSSR count). The molecule has 2 aromatic heterocycles. The van der Waals surface area contributed by atoms with Gasteiger partial charge in [0, 0.05) is 24.0 Å². The summed E-state index contributed by atoms with van der Waals surface area (Å²) in [5.74, 6) is 0.0508. The Morgan fingerprint density at radius 2 is 2.00 bits per heavy atom. The van der Waals surface area contributed by atoms with E-state index in [9.17, 15) is 9.59 Å². The van der Waals surface area contributed by atoms with Crippen molar-refractivity contribution in [3.05, 3.63) is 38.0 Å². The maximum atomic E-state index is 12.4. The summed E-state index contributed by atoms with van der Waals surface area (Å²) < 4.78 is 0. The Balaban J connectivity index is 1.53. The number of aromatic nitrogens is 1. The van der Waals surface area contributed by atoms with Crippen molar-refractivity contribution in [3.63, 3.8) is 0 Å². The van der Waals surface area contributed by atoms with Gasteiger partial charge in [0.2, 0.25) is 0 Å². The molecule has 0 spiro atoms. The lowest BCUT2D eigenvalue weighted by Crippen LogP contribution is -2.46.